The van der Waals surface area contributed by atoms with E-state index in [2.05, 4.69) is 15.1 Å². The number of hydrogen-bond donors (Lipinski definition) is 1. The van der Waals surface area contributed by atoms with Gasteiger partial charge in [-0.2, -0.15) is 17.9 Å². The Labute approximate surface area is 175 Å². The minimum atomic E-state index is -4.41. The number of nitrogens with zero attached hydrogens (tertiary/aromatic N) is 4. The molecule has 0 fully saturated rings. The lowest BCUT2D eigenvalue weighted by molar-refractivity contribution is -0.351. The Morgan fingerprint density at radius 3 is 2.32 bits per heavy atom. The maximum atomic E-state index is 12.8. The van der Waals surface area contributed by atoms with Gasteiger partial charge in [-0.05, 0) is 31.5 Å². The van der Waals surface area contributed by atoms with Crippen LogP contribution in [0.3, 0.4) is 0 Å². The SMILES string of the molecule is Cc1cc(-c2c(-c3ccccc3)[nH+]c(N)n3c(=O)n(CCC(F)(F)F)nc23)cc(C)n1. The number of aryl methyl sites for hydroxylation is 3. The van der Waals surface area contributed by atoms with E-state index in [1.165, 1.54) is 0 Å². The quantitative estimate of drug-likeness (QED) is 0.539. The Morgan fingerprint density at radius 1 is 1.06 bits per heavy atom. The molecule has 0 aliphatic heterocycles. The number of pyridine rings is 1. The number of aromatic amines is 1. The first kappa shape index (κ1) is 20.6. The Kier molecular flexibility index (Phi) is 5.00. The first-order chi connectivity index (χ1) is 14.6. The number of H-pyrrole nitrogens is 1. The summed E-state index contributed by atoms with van der Waals surface area (Å²) in [4.78, 5) is 20.2. The molecule has 0 bridgehead atoms. The van der Waals surface area contributed by atoms with E-state index < -0.39 is 24.8 Å². The average Bonchev–Trinajstić information content (AvgIpc) is 3.02. The molecule has 0 amide bonds. The highest BCUT2D eigenvalue weighted by Crippen LogP contribution is 2.33. The number of benzene rings is 1. The van der Waals surface area contributed by atoms with Crippen molar-refractivity contribution in [3.05, 3.63) is 64.3 Å². The predicted molar refractivity (Wildman–Crippen MR) is 109 cm³/mol. The van der Waals surface area contributed by atoms with Crippen LogP contribution in [-0.4, -0.2) is 25.3 Å². The Hall–Kier alpha value is -3.69. The molecule has 0 atom stereocenters. The summed E-state index contributed by atoms with van der Waals surface area (Å²) < 4.78 is 40.1. The van der Waals surface area contributed by atoms with E-state index >= 15 is 0 Å². The van der Waals surface area contributed by atoms with Gasteiger partial charge in [0.2, 0.25) is 5.65 Å². The smallest absolute Gasteiger partial charge is 0.290 e. The molecule has 3 heterocycles. The standard InChI is InChI=1S/C21H19F3N6O/c1-12-10-15(11-13(2)26-12)16-17(14-6-4-3-5-7-14)27-19(25)30-18(16)28-29(20(30)31)9-8-21(22,23)24/h3-7,10-11H,8-9H2,1-2H3,(H2,25,27)/p+1. The molecule has 0 unspecified atom stereocenters. The summed E-state index contributed by atoms with van der Waals surface area (Å²) in [5.41, 5.74) is 9.72. The minimum absolute atomic E-state index is 0.0247. The van der Waals surface area contributed by atoms with Crippen LogP contribution in [0.25, 0.3) is 28.0 Å². The average molecular weight is 429 g/mol. The molecule has 4 aromatic rings. The highest BCUT2D eigenvalue weighted by molar-refractivity contribution is 5.88. The van der Waals surface area contributed by atoms with Crippen LogP contribution in [0.4, 0.5) is 19.1 Å². The van der Waals surface area contributed by atoms with E-state index in [1.807, 2.05) is 56.3 Å². The van der Waals surface area contributed by atoms with Gasteiger partial charge in [-0.25, -0.2) is 9.78 Å². The Morgan fingerprint density at radius 2 is 1.71 bits per heavy atom. The van der Waals surface area contributed by atoms with Crippen LogP contribution in [0.5, 0.6) is 0 Å². The molecule has 0 radical (unpaired) electrons. The molecule has 0 aliphatic rings. The zero-order valence-electron chi connectivity index (χ0n) is 16.9. The molecule has 1 aromatic carbocycles. The number of nitrogens with one attached hydrogen (secondary N) is 1. The van der Waals surface area contributed by atoms with Gasteiger partial charge in [0.15, 0.2) is 0 Å². The number of aromatic nitrogens is 5. The Bertz CT molecular complexity index is 1300. The third kappa shape index (κ3) is 4.00. The first-order valence-electron chi connectivity index (χ1n) is 9.56. The topological polar surface area (TPSA) is 92.3 Å². The molecular weight excluding hydrogens is 409 g/mol. The zero-order valence-corrected chi connectivity index (χ0v) is 16.9. The lowest BCUT2D eigenvalue weighted by Crippen LogP contribution is -2.28. The molecule has 10 heteroatoms. The molecule has 0 saturated carbocycles. The van der Waals surface area contributed by atoms with E-state index in [0.717, 1.165) is 31.6 Å². The van der Waals surface area contributed by atoms with Crippen LogP contribution >= 0.6 is 0 Å². The molecule has 0 saturated heterocycles. The fourth-order valence-electron chi connectivity index (χ4n) is 3.60. The van der Waals surface area contributed by atoms with Crippen LogP contribution in [0.2, 0.25) is 0 Å². The van der Waals surface area contributed by atoms with Gasteiger partial charge in [0, 0.05) is 17.0 Å². The monoisotopic (exact) mass is 429 g/mol. The van der Waals surface area contributed by atoms with Crippen molar-refractivity contribution in [3.63, 3.8) is 0 Å². The first-order valence-corrected chi connectivity index (χ1v) is 9.56. The minimum Gasteiger partial charge on any atom is -0.290 e. The largest absolute Gasteiger partial charge is 0.411 e. The maximum absolute atomic E-state index is 12.8. The van der Waals surface area contributed by atoms with E-state index in [1.54, 1.807) is 0 Å². The number of anilines is 1. The van der Waals surface area contributed by atoms with Crippen molar-refractivity contribution in [3.8, 4) is 22.4 Å². The van der Waals surface area contributed by atoms with Crippen molar-refractivity contribution < 1.29 is 18.2 Å². The van der Waals surface area contributed by atoms with Crippen LogP contribution in [0.15, 0.2) is 47.3 Å². The number of nitrogen functional groups attached to an aromatic ring is 1. The number of alkyl halides is 3. The van der Waals surface area contributed by atoms with E-state index in [4.69, 9.17) is 5.73 Å². The summed E-state index contributed by atoms with van der Waals surface area (Å²) in [7, 11) is 0. The highest BCUT2D eigenvalue weighted by Gasteiger charge is 2.30. The van der Waals surface area contributed by atoms with Crippen molar-refractivity contribution in [2.45, 2.75) is 33.0 Å². The van der Waals surface area contributed by atoms with E-state index in [9.17, 15) is 18.0 Å². The van der Waals surface area contributed by atoms with Crippen LogP contribution in [-0.2, 0) is 6.54 Å². The summed E-state index contributed by atoms with van der Waals surface area (Å²) in [5, 5.41) is 4.24. The molecule has 31 heavy (non-hydrogen) atoms. The second-order valence-electron chi connectivity index (χ2n) is 7.29. The molecule has 3 N–H and O–H groups in total. The van der Waals surface area contributed by atoms with Crippen LogP contribution < -0.4 is 16.4 Å². The maximum Gasteiger partial charge on any atom is 0.411 e. The fourth-order valence-corrected chi connectivity index (χ4v) is 3.60. The molecular formula is C21H20F3N6O+. The summed E-state index contributed by atoms with van der Waals surface area (Å²) in [6.45, 7) is 3.08. The molecule has 3 aromatic heterocycles. The third-order valence-corrected chi connectivity index (χ3v) is 4.85. The third-order valence-electron chi connectivity index (χ3n) is 4.85. The zero-order chi connectivity index (χ0) is 22.3. The normalized spacial score (nSPS) is 11.9. The van der Waals surface area contributed by atoms with Gasteiger partial charge in [-0.1, -0.05) is 30.3 Å². The van der Waals surface area contributed by atoms with Gasteiger partial charge in [-0.3, -0.25) is 10.7 Å². The van der Waals surface area contributed by atoms with Gasteiger partial charge >= 0.3 is 17.8 Å². The van der Waals surface area contributed by atoms with Gasteiger partial charge in [-0.15, -0.1) is 9.50 Å². The van der Waals surface area contributed by atoms with Crippen LogP contribution in [0.1, 0.15) is 17.8 Å². The highest BCUT2D eigenvalue weighted by atomic mass is 19.4. The fraction of sp³-hybridized carbons (Fsp3) is 0.238. The van der Waals surface area contributed by atoms with E-state index in [-0.39, 0.29) is 11.6 Å². The lowest BCUT2D eigenvalue weighted by atomic mass is 9.99. The summed E-state index contributed by atoms with van der Waals surface area (Å²) in [6, 6.07) is 13.0. The second-order valence-corrected chi connectivity index (χ2v) is 7.29. The number of rotatable bonds is 4. The van der Waals surface area contributed by atoms with Gasteiger partial charge in [0.05, 0.1) is 18.5 Å². The second kappa shape index (κ2) is 7.53. The molecule has 160 valence electrons. The summed E-state index contributed by atoms with van der Waals surface area (Å²) >= 11 is 0. The predicted octanol–water partition coefficient (Wildman–Crippen LogP) is 3.19. The van der Waals surface area contributed by atoms with Crippen molar-refractivity contribution in [2.24, 2.45) is 0 Å². The number of hydrogen-bond acceptors (Lipinski definition) is 4. The number of halogens is 3. The van der Waals surface area contributed by atoms with Crippen LogP contribution in [0, 0.1) is 13.8 Å². The summed E-state index contributed by atoms with van der Waals surface area (Å²) in [6.07, 6.45) is -5.58. The molecule has 0 aliphatic carbocycles. The van der Waals surface area contributed by atoms with Crippen molar-refractivity contribution in [1.82, 2.24) is 19.2 Å². The molecule has 7 nitrogen and oxygen atoms in total. The van der Waals surface area contributed by atoms with Gasteiger partial charge in [0.25, 0.3) is 0 Å². The van der Waals surface area contributed by atoms with Crippen molar-refractivity contribution in [2.75, 3.05) is 5.73 Å². The number of fused-ring (bicyclic) bond motifs is 1. The van der Waals surface area contributed by atoms with Crippen molar-refractivity contribution in [1.29, 1.82) is 0 Å². The lowest BCUT2D eigenvalue weighted by Gasteiger charge is -2.10. The molecule has 4 rings (SSSR count). The Balaban J connectivity index is 2.05. The molecule has 0 spiro atoms. The number of nitrogens with two attached hydrogens (primary N) is 1. The van der Waals surface area contributed by atoms with E-state index in [0.29, 0.717) is 11.3 Å². The van der Waals surface area contributed by atoms with Gasteiger partial charge < -0.3 is 0 Å². The summed E-state index contributed by atoms with van der Waals surface area (Å²) in [5.74, 6) is -0.0247. The van der Waals surface area contributed by atoms with Gasteiger partial charge in [0.1, 0.15) is 5.69 Å². The van der Waals surface area contributed by atoms with Crippen molar-refractivity contribution >= 4 is 11.6 Å².